The molecule has 1 aliphatic rings. The van der Waals surface area contributed by atoms with Gasteiger partial charge in [-0.3, -0.25) is 4.79 Å². The minimum absolute atomic E-state index is 0. The van der Waals surface area contributed by atoms with E-state index in [-0.39, 0.29) is 36.8 Å². The average Bonchev–Trinajstić information content (AvgIpc) is 3.00. The zero-order valence-electron chi connectivity index (χ0n) is 15.8. The number of rotatable bonds is 5. The number of nitrogens with one attached hydrogen (secondary N) is 2. The van der Waals surface area contributed by atoms with Crippen molar-refractivity contribution in [3.8, 4) is 16.3 Å². The molecule has 1 amide bonds. The quantitative estimate of drug-likeness (QED) is 0.747. The van der Waals surface area contributed by atoms with E-state index >= 15 is 0 Å². The van der Waals surface area contributed by atoms with Crippen LogP contribution in [0.3, 0.4) is 0 Å². The lowest BCUT2D eigenvalue weighted by molar-refractivity contribution is 0.0917. The van der Waals surface area contributed by atoms with Gasteiger partial charge in [0.2, 0.25) is 0 Å². The minimum atomic E-state index is -0.00839. The van der Waals surface area contributed by atoms with Crippen molar-refractivity contribution in [3.05, 3.63) is 34.8 Å². The van der Waals surface area contributed by atoms with E-state index in [2.05, 4.69) is 22.5 Å². The van der Waals surface area contributed by atoms with E-state index in [1.54, 1.807) is 0 Å². The molecular weight excluding hydrogens is 405 g/mol. The second-order valence-electron chi connectivity index (χ2n) is 6.44. The second kappa shape index (κ2) is 10.9. The van der Waals surface area contributed by atoms with Crippen molar-refractivity contribution in [2.75, 3.05) is 19.7 Å². The minimum Gasteiger partial charge on any atom is -0.494 e. The van der Waals surface area contributed by atoms with Gasteiger partial charge in [-0.1, -0.05) is 6.92 Å². The van der Waals surface area contributed by atoms with E-state index in [1.165, 1.54) is 11.3 Å². The fourth-order valence-corrected chi connectivity index (χ4v) is 4.03. The predicted molar refractivity (Wildman–Crippen MR) is 116 cm³/mol. The van der Waals surface area contributed by atoms with Gasteiger partial charge in [0.25, 0.3) is 5.91 Å². The van der Waals surface area contributed by atoms with Crippen molar-refractivity contribution in [2.45, 2.75) is 33.2 Å². The van der Waals surface area contributed by atoms with Crippen LogP contribution in [0.1, 0.15) is 35.6 Å². The van der Waals surface area contributed by atoms with Crippen molar-refractivity contribution in [1.82, 2.24) is 15.6 Å². The number of thiazole rings is 1. The van der Waals surface area contributed by atoms with Gasteiger partial charge in [-0.25, -0.2) is 4.98 Å². The first-order chi connectivity index (χ1) is 12.1. The molecule has 1 fully saturated rings. The number of piperidine rings is 1. The van der Waals surface area contributed by atoms with Gasteiger partial charge in [0.05, 0.1) is 12.3 Å². The Bertz CT molecular complexity index is 737. The zero-order valence-corrected chi connectivity index (χ0v) is 18.2. The molecule has 0 bridgehead atoms. The average molecular weight is 432 g/mol. The highest BCUT2D eigenvalue weighted by atomic mass is 35.5. The number of hydrogen-bond acceptors (Lipinski definition) is 5. The molecule has 150 valence electrons. The molecule has 8 heteroatoms. The summed E-state index contributed by atoms with van der Waals surface area (Å²) in [6.07, 6.45) is 0.969. The van der Waals surface area contributed by atoms with Crippen LogP contribution in [0.4, 0.5) is 0 Å². The molecule has 2 aromatic rings. The maximum atomic E-state index is 12.7. The summed E-state index contributed by atoms with van der Waals surface area (Å²) in [5, 5.41) is 7.41. The summed E-state index contributed by atoms with van der Waals surface area (Å²) in [6, 6.07) is 8.07. The molecule has 1 aromatic carbocycles. The summed E-state index contributed by atoms with van der Waals surface area (Å²) in [7, 11) is 0. The lowest BCUT2D eigenvalue weighted by atomic mass is 9.95. The van der Waals surface area contributed by atoms with Crippen molar-refractivity contribution < 1.29 is 9.53 Å². The smallest absolute Gasteiger partial charge is 0.263 e. The third-order valence-corrected chi connectivity index (χ3v) is 5.72. The van der Waals surface area contributed by atoms with Gasteiger partial charge in [0.1, 0.15) is 15.6 Å². The second-order valence-corrected chi connectivity index (χ2v) is 7.44. The van der Waals surface area contributed by atoms with E-state index < -0.39 is 0 Å². The topological polar surface area (TPSA) is 63.2 Å². The number of aryl methyl sites for hydroxylation is 1. The third-order valence-electron chi connectivity index (χ3n) is 4.52. The van der Waals surface area contributed by atoms with Crippen LogP contribution in [-0.4, -0.2) is 36.6 Å². The molecule has 1 aliphatic heterocycles. The molecule has 0 aliphatic carbocycles. The lowest BCUT2D eigenvalue weighted by Crippen LogP contribution is -2.48. The number of halogens is 2. The summed E-state index contributed by atoms with van der Waals surface area (Å²) in [4.78, 5) is 18.0. The largest absolute Gasteiger partial charge is 0.494 e. The molecule has 2 N–H and O–H groups in total. The van der Waals surface area contributed by atoms with Gasteiger partial charge < -0.3 is 15.4 Å². The summed E-state index contributed by atoms with van der Waals surface area (Å²) in [6.45, 7) is 8.58. The molecule has 2 atom stereocenters. The Hall–Kier alpha value is -1.34. The Balaban J connectivity index is 0.00000182. The van der Waals surface area contributed by atoms with Gasteiger partial charge in [-0.05, 0) is 63.5 Å². The molecule has 0 spiro atoms. The van der Waals surface area contributed by atoms with Crippen molar-refractivity contribution in [2.24, 2.45) is 5.92 Å². The summed E-state index contributed by atoms with van der Waals surface area (Å²) >= 11 is 1.45. The van der Waals surface area contributed by atoms with Crippen LogP contribution in [0.25, 0.3) is 10.6 Å². The van der Waals surface area contributed by atoms with Crippen LogP contribution in [0.5, 0.6) is 5.75 Å². The lowest BCUT2D eigenvalue weighted by Gasteiger charge is -2.30. The van der Waals surface area contributed by atoms with Gasteiger partial charge in [-0.15, -0.1) is 36.2 Å². The normalized spacial score (nSPS) is 18.8. The SMILES string of the molecule is CCOc1ccc(-c2nc(C)c(C(=O)NC3CCNCC3C)s2)cc1.Cl.Cl. The van der Waals surface area contributed by atoms with Crippen molar-refractivity contribution in [1.29, 1.82) is 0 Å². The van der Waals surface area contributed by atoms with E-state index in [0.29, 0.717) is 17.4 Å². The van der Waals surface area contributed by atoms with Crippen molar-refractivity contribution >= 4 is 42.1 Å². The molecule has 0 radical (unpaired) electrons. The van der Waals surface area contributed by atoms with Gasteiger partial charge in [-0.2, -0.15) is 0 Å². The Kier molecular flexibility index (Phi) is 9.53. The Morgan fingerprint density at radius 1 is 1.33 bits per heavy atom. The molecule has 1 aromatic heterocycles. The first-order valence-corrected chi connectivity index (χ1v) is 9.62. The highest BCUT2D eigenvalue weighted by Crippen LogP contribution is 2.29. The maximum absolute atomic E-state index is 12.7. The highest BCUT2D eigenvalue weighted by molar-refractivity contribution is 7.17. The van der Waals surface area contributed by atoms with E-state index in [9.17, 15) is 4.79 Å². The van der Waals surface area contributed by atoms with Gasteiger partial charge >= 0.3 is 0 Å². The van der Waals surface area contributed by atoms with Crippen LogP contribution in [0.15, 0.2) is 24.3 Å². The number of hydrogen-bond donors (Lipinski definition) is 2. The molecule has 2 heterocycles. The Morgan fingerprint density at radius 2 is 2.04 bits per heavy atom. The summed E-state index contributed by atoms with van der Waals surface area (Å²) in [5.41, 5.74) is 1.79. The first-order valence-electron chi connectivity index (χ1n) is 8.80. The number of carbonyl (C=O) groups excluding carboxylic acids is 1. The first kappa shape index (κ1) is 23.7. The number of amides is 1. The number of carbonyl (C=O) groups is 1. The van der Waals surface area contributed by atoms with Crippen LogP contribution in [0.2, 0.25) is 0 Å². The van der Waals surface area contributed by atoms with Crippen LogP contribution in [0, 0.1) is 12.8 Å². The van der Waals surface area contributed by atoms with Gasteiger partial charge in [0, 0.05) is 11.6 Å². The fourth-order valence-electron chi connectivity index (χ4n) is 3.05. The van der Waals surface area contributed by atoms with E-state index in [0.717, 1.165) is 41.5 Å². The monoisotopic (exact) mass is 431 g/mol. The molecule has 1 saturated heterocycles. The molecule has 27 heavy (non-hydrogen) atoms. The summed E-state index contributed by atoms with van der Waals surface area (Å²) < 4.78 is 5.47. The molecule has 5 nitrogen and oxygen atoms in total. The Labute approximate surface area is 177 Å². The fraction of sp³-hybridized carbons (Fsp3) is 0.474. The van der Waals surface area contributed by atoms with Crippen LogP contribution < -0.4 is 15.4 Å². The number of aromatic nitrogens is 1. The molecule has 2 unspecified atom stereocenters. The standard InChI is InChI=1S/C19H25N3O2S.2ClH/c1-4-24-15-7-5-14(6-8-15)19-21-13(3)17(25-19)18(23)22-16-9-10-20-11-12(16)2;;/h5-8,12,16,20H,4,9-11H2,1-3H3,(H,22,23);2*1H. The van der Waals surface area contributed by atoms with Crippen LogP contribution >= 0.6 is 36.2 Å². The predicted octanol–water partition coefficient (Wildman–Crippen LogP) is 4.09. The van der Waals surface area contributed by atoms with E-state index in [1.807, 2.05) is 38.1 Å². The third kappa shape index (κ3) is 5.82. The summed E-state index contributed by atoms with van der Waals surface area (Å²) in [5.74, 6) is 1.28. The maximum Gasteiger partial charge on any atom is 0.263 e. The highest BCUT2D eigenvalue weighted by Gasteiger charge is 2.25. The zero-order chi connectivity index (χ0) is 17.8. The Morgan fingerprint density at radius 3 is 2.67 bits per heavy atom. The van der Waals surface area contributed by atoms with E-state index in [4.69, 9.17) is 4.74 Å². The van der Waals surface area contributed by atoms with Gasteiger partial charge in [0.15, 0.2) is 0 Å². The molecule has 3 rings (SSSR count). The number of ether oxygens (including phenoxy) is 1. The molecule has 0 saturated carbocycles. The molecular formula is C19H27Cl2N3O2S. The van der Waals surface area contributed by atoms with Crippen LogP contribution in [-0.2, 0) is 0 Å². The number of nitrogens with zero attached hydrogens (tertiary/aromatic N) is 1. The number of benzene rings is 1. The van der Waals surface area contributed by atoms with Crippen molar-refractivity contribution in [3.63, 3.8) is 0 Å².